The van der Waals surface area contributed by atoms with Crippen molar-refractivity contribution in [2.45, 2.75) is 6.61 Å². The van der Waals surface area contributed by atoms with Gasteiger partial charge in [0, 0.05) is 13.2 Å². The molecule has 19 heavy (non-hydrogen) atoms. The summed E-state index contributed by atoms with van der Waals surface area (Å²) < 4.78 is 6.01. The third kappa shape index (κ3) is 3.63. The van der Waals surface area contributed by atoms with Gasteiger partial charge >= 0.3 is 6.09 Å². The van der Waals surface area contributed by atoms with Crippen molar-refractivity contribution in [2.75, 3.05) is 11.9 Å². The Labute approximate surface area is 124 Å². The molecule has 98 valence electrons. The quantitative estimate of drug-likeness (QED) is 0.781. The maximum absolute atomic E-state index is 11.9. The predicted molar refractivity (Wildman–Crippen MR) is 79.8 cm³/mol. The summed E-state index contributed by atoms with van der Waals surface area (Å²) in [5.41, 5.74) is 0.946. The highest BCUT2D eigenvalue weighted by Crippen LogP contribution is 2.17. The Morgan fingerprint density at radius 2 is 2.11 bits per heavy atom. The van der Waals surface area contributed by atoms with Crippen molar-refractivity contribution in [2.24, 2.45) is 0 Å². The van der Waals surface area contributed by atoms with E-state index in [1.807, 2.05) is 30.3 Å². The maximum atomic E-state index is 11.9. The van der Waals surface area contributed by atoms with Gasteiger partial charge in [-0.15, -0.1) is 0 Å². The van der Waals surface area contributed by atoms with E-state index in [9.17, 15) is 4.79 Å². The molecule has 2 aromatic rings. The number of hydrogen-bond donors (Lipinski definition) is 0. The molecule has 0 bridgehead atoms. The van der Waals surface area contributed by atoms with Crippen LogP contribution in [0.5, 0.6) is 0 Å². The van der Waals surface area contributed by atoms with Crippen LogP contribution < -0.4 is 4.90 Å². The average Bonchev–Trinajstić information content (AvgIpc) is 2.45. The van der Waals surface area contributed by atoms with Crippen LogP contribution in [0.4, 0.5) is 10.6 Å². The third-order valence-corrected chi connectivity index (χ3v) is 3.21. The van der Waals surface area contributed by atoms with E-state index in [0.717, 1.165) is 9.13 Å². The molecule has 0 N–H and O–H groups in total. The number of anilines is 1. The zero-order valence-corrected chi connectivity index (χ0v) is 12.4. The van der Waals surface area contributed by atoms with Crippen LogP contribution in [0.3, 0.4) is 0 Å². The Morgan fingerprint density at radius 1 is 1.37 bits per heavy atom. The van der Waals surface area contributed by atoms with E-state index in [4.69, 9.17) is 4.74 Å². The van der Waals surface area contributed by atoms with Crippen molar-refractivity contribution in [3.8, 4) is 0 Å². The van der Waals surface area contributed by atoms with Gasteiger partial charge in [0.25, 0.3) is 0 Å². The minimum Gasteiger partial charge on any atom is -0.444 e. The van der Waals surface area contributed by atoms with Gasteiger partial charge in [0.05, 0.1) is 3.57 Å². The zero-order chi connectivity index (χ0) is 13.7. The number of amides is 1. The molecule has 1 heterocycles. The summed E-state index contributed by atoms with van der Waals surface area (Å²) in [6, 6.07) is 9.53. The first-order chi connectivity index (χ1) is 9.18. The van der Waals surface area contributed by atoms with E-state index in [-0.39, 0.29) is 6.61 Å². The number of hydrogen-bond acceptors (Lipinski definition) is 4. The molecular weight excluding hydrogens is 357 g/mol. The second-order valence-electron chi connectivity index (χ2n) is 3.79. The van der Waals surface area contributed by atoms with Crippen LogP contribution >= 0.6 is 22.6 Å². The molecule has 1 amide bonds. The Balaban J connectivity index is 1.99. The highest BCUT2D eigenvalue weighted by atomic mass is 127. The number of aromatic nitrogens is 2. The van der Waals surface area contributed by atoms with E-state index in [2.05, 4.69) is 32.6 Å². The van der Waals surface area contributed by atoms with Gasteiger partial charge < -0.3 is 4.74 Å². The summed E-state index contributed by atoms with van der Waals surface area (Å²) in [6.07, 6.45) is 2.60. The molecule has 0 unspecified atom stereocenters. The summed E-state index contributed by atoms with van der Waals surface area (Å²) in [6.45, 7) is 0.242. The van der Waals surface area contributed by atoms with Gasteiger partial charge in [0.1, 0.15) is 12.9 Å². The maximum Gasteiger partial charge on any atom is 0.415 e. The van der Waals surface area contributed by atoms with Crippen molar-refractivity contribution in [3.05, 3.63) is 52.0 Å². The van der Waals surface area contributed by atoms with Crippen LogP contribution in [-0.4, -0.2) is 23.1 Å². The molecule has 2 rings (SSSR count). The van der Waals surface area contributed by atoms with Crippen LogP contribution in [-0.2, 0) is 11.3 Å². The molecule has 6 heteroatoms. The monoisotopic (exact) mass is 369 g/mol. The molecule has 0 saturated heterocycles. The van der Waals surface area contributed by atoms with Crippen molar-refractivity contribution in [3.63, 3.8) is 0 Å². The van der Waals surface area contributed by atoms with Crippen LogP contribution in [0, 0.1) is 3.57 Å². The Morgan fingerprint density at radius 3 is 2.79 bits per heavy atom. The largest absolute Gasteiger partial charge is 0.444 e. The van der Waals surface area contributed by atoms with Gasteiger partial charge in [-0.05, 0) is 28.2 Å². The SMILES string of the molecule is CN(C(=O)OCc1ccccc1)c1ncncc1I. The fourth-order valence-electron chi connectivity index (χ4n) is 1.46. The van der Waals surface area contributed by atoms with Crippen molar-refractivity contribution >= 4 is 34.5 Å². The molecule has 0 spiro atoms. The lowest BCUT2D eigenvalue weighted by molar-refractivity contribution is 0.148. The third-order valence-electron chi connectivity index (χ3n) is 2.44. The Bertz CT molecular complexity index is 563. The zero-order valence-electron chi connectivity index (χ0n) is 10.3. The molecule has 0 atom stereocenters. The van der Waals surface area contributed by atoms with Gasteiger partial charge in [-0.25, -0.2) is 14.8 Å². The molecule has 5 nitrogen and oxygen atoms in total. The minimum atomic E-state index is -0.444. The highest BCUT2D eigenvalue weighted by molar-refractivity contribution is 14.1. The minimum absolute atomic E-state index is 0.242. The normalized spacial score (nSPS) is 10.0. The topological polar surface area (TPSA) is 55.3 Å². The molecule has 0 saturated carbocycles. The lowest BCUT2D eigenvalue weighted by Crippen LogP contribution is -2.28. The fraction of sp³-hybridized carbons (Fsp3) is 0.154. The van der Waals surface area contributed by atoms with Crippen LogP contribution in [0.1, 0.15) is 5.56 Å². The number of nitrogens with zero attached hydrogens (tertiary/aromatic N) is 3. The first kappa shape index (κ1) is 13.7. The Kier molecular flexibility index (Phi) is 4.67. The smallest absolute Gasteiger partial charge is 0.415 e. The molecule has 0 radical (unpaired) electrons. The van der Waals surface area contributed by atoms with Crippen molar-refractivity contribution in [1.29, 1.82) is 0 Å². The summed E-state index contributed by atoms with van der Waals surface area (Å²) >= 11 is 2.07. The average molecular weight is 369 g/mol. The van der Waals surface area contributed by atoms with E-state index in [1.165, 1.54) is 11.2 Å². The number of halogens is 1. The van der Waals surface area contributed by atoms with E-state index < -0.39 is 6.09 Å². The summed E-state index contributed by atoms with van der Waals surface area (Å²) in [5.74, 6) is 0.536. The van der Waals surface area contributed by atoms with E-state index >= 15 is 0 Å². The predicted octanol–water partition coefficient (Wildman–Crippen LogP) is 2.85. The lowest BCUT2D eigenvalue weighted by atomic mass is 10.2. The first-order valence-electron chi connectivity index (χ1n) is 5.58. The van der Waals surface area contributed by atoms with Gasteiger partial charge in [-0.1, -0.05) is 30.3 Å². The molecule has 0 aliphatic carbocycles. The first-order valence-corrected chi connectivity index (χ1v) is 6.66. The number of ether oxygens (including phenoxy) is 1. The molecule has 1 aromatic heterocycles. The molecule has 0 fully saturated rings. The van der Waals surface area contributed by atoms with Crippen LogP contribution in [0.2, 0.25) is 0 Å². The molecule has 1 aromatic carbocycles. The van der Waals surface area contributed by atoms with Crippen LogP contribution in [0.15, 0.2) is 42.9 Å². The Hall–Kier alpha value is -1.70. The number of rotatable bonds is 3. The van der Waals surface area contributed by atoms with E-state index in [0.29, 0.717) is 5.82 Å². The van der Waals surface area contributed by atoms with Gasteiger partial charge in [-0.2, -0.15) is 0 Å². The van der Waals surface area contributed by atoms with Gasteiger partial charge in [0.15, 0.2) is 5.82 Å². The standard InChI is InChI=1S/C13H12IN3O2/c1-17(12-11(14)7-15-9-16-12)13(18)19-8-10-5-3-2-4-6-10/h2-7,9H,8H2,1H3. The molecular formula is C13H12IN3O2. The number of carbonyl (C=O) groups excluding carboxylic acids is 1. The van der Waals surface area contributed by atoms with Crippen LogP contribution in [0.25, 0.3) is 0 Å². The summed E-state index contributed by atoms with van der Waals surface area (Å²) in [5, 5.41) is 0. The van der Waals surface area contributed by atoms with Gasteiger partial charge in [0.2, 0.25) is 0 Å². The summed E-state index contributed by atoms with van der Waals surface area (Å²) in [4.78, 5) is 21.2. The lowest BCUT2D eigenvalue weighted by Gasteiger charge is -2.16. The van der Waals surface area contributed by atoms with Crippen molar-refractivity contribution < 1.29 is 9.53 Å². The van der Waals surface area contributed by atoms with Gasteiger partial charge in [-0.3, -0.25) is 4.90 Å². The number of benzene rings is 1. The number of carbonyl (C=O) groups is 1. The summed E-state index contributed by atoms with van der Waals surface area (Å²) in [7, 11) is 1.62. The van der Waals surface area contributed by atoms with Crippen molar-refractivity contribution in [1.82, 2.24) is 9.97 Å². The molecule has 0 aliphatic rings. The van der Waals surface area contributed by atoms with E-state index in [1.54, 1.807) is 13.2 Å². The highest BCUT2D eigenvalue weighted by Gasteiger charge is 2.16. The second-order valence-corrected chi connectivity index (χ2v) is 4.96. The second kappa shape index (κ2) is 6.46. The fourth-order valence-corrected chi connectivity index (χ4v) is 2.12. The molecule has 0 aliphatic heterocycles.